The van der Waals surface area contributed by atoms with E-state index in [1.807, 2.05) is 6.07 Å². The molecule has 1 heterocycles. The minimum absolute atomic E-state index is 0.144. The van der Waals surface area contributed by atoms with Gasteiger partial charge in [-0.3, -0.25) is 4.90 Å². The lowest BCUT2D eigenvalue weighted by Crippen LogP contribution is -2.44. The highest BCUT2D eigenvalue weighted by molar-refractivity contribution is 9.10. The van der Waals surface area contributed by atoms with Gasteiger partial charge in [0.1, 0.15) is 5.82 Å². The van der Waals surface area contributed by atoms with Gasteiger partial charge in [-0.2, -0.15) is 0 Å². The Morgan fingerprint density at radius 3 is 2.70 bits per heavy atom. The number of aliphatic hydroxyl groups is 1. The molecule has 1 aliphatic rings. The third-order valence-electron chi connectivity index (χ3n) is 3.96. The first-order valence-corrected chi connectivity index (χ1v) is 7.87. The zero-order valence-corrected chi connectivity index (χ0v) is 13.4. The van der Waals surface area contributed by atoms with E-state index in [9.17, 15) is 9.50 Å². The molecule has 3 nitrogen and oxygen atoms in total. The molecule has 0 saturated carbocycles. The van der Waals surface area contributed by atoms with Gasteiger partial charge in [0.15, 0.2) is 0 Å². The van der Waals surface area contributed by atoms with Crippen LogP contribution in [0.5, 0.6) is 0 Å². The topological polar surface area (TPSA) is 26.7 Å². The molecule has 5 heteroatoms. The summed E-state index contributed by atoms with van der Waals surface area (Å²) in [4.78, 5) is 4.60. The molecule has 0 aliphatic carbocycles. The van der Waals surface area contributed by atoms with Gasteiger partial charge in [-0.25, -0.2) is 4.39 Å². The van der Waals surface area contributed by atoms with Crippen LogP contribution >= 0.6 is 15.9 Å². The van der Waals surface area contributed by atoms with Gasteiger partial charge in [0.2, 0.25) is 0 Å². The van der Waals surface area contributed by atoms with Crippen LogP contribution in [-0.2, 0) is 6.54 Å². The van der Waals surface area contributed by atoms with Crippen LogP contribution < -0.4 is 0 Å². The standard InChI is InChI=1S/C15H22BrFN2O/c1-18-6-4-13(5-7-18)19(8-9-20)11-12-2-3-14(16)15(17)10-12/h2-3,10,13,20H,4-9,11H2,1H3. The van der Waals surface area contributed by atoms with E-state index < -0.39 is 0 Å². The van der Waals surface area contributed by atoms with E-state index >= 15 is 0 Å². The maximum atomic E-state index is 13.6. The van der Waals surface area contributed by atoms with Crippen LogP contribution in [0.1, 0.15) is 18.4 Å². The molecule has 0 unspecified atom stereocenters. The van der Waals surface area contributed by atoms with Gasteiger partial charge < -0.3 is 10.0 Å². The fourth-order valence-electron chi connectivity index (χ4n) is 2.75. The number of hydrogen-bond acceptors (Lipinski definition) is 3. The average Bonchev–Trinajstić information content (AvgIpc) is 2.43. The van der Waals surface area contributed by atoms with Crippen molar-refractivity contribution in [3.8, 4) is 0 Å². The maximum Gasteiger partial charge on any atom is 0.137 e. The Morgan fingerprint density at radius 2 is 2.10 bits per heavy atom. The van der Waals surface area contributed by atoms with Crippen LogP contribution in [0.15, 0.2) is 22.7 Å². The van der Waals surface area contributed by atoms with Crippen molar-refractivity contribution >= 4 is 15.9 Å². The summed E-state index contributed by atoms with van der Waals surface area (Å²) in [5, 5.41) is 9.26. The Balaban J connectivity index is 2.02. The highest BCUT2D eigenvalue weighted by Crippen LogP contribution is 2.21. The summed E-state index contributed by atoms with van der Waals surface area (Å²) in [5.41, 5.74) is 0.957. The second kappa shape index (κ2) is 7.50. The van der Waals surface area contributed by atoms with Crippen molar-refractivity contribution in [3.63, 3.8) is 0 Å². The predicted molar refractivity (Wildman–Crippen MR) is 82.1 cm³/mol. The molecule has 0 spiro atoms. The smallest absolute Gasteiger partial charge is 0.137 e. The minimum atomic E-state index is -0.227. The molecule has 0 amide bonds. The fraction of sp³-hybridized carbons (Fsp3) is 0.600. The molecule has 1 aromatic carbocycles. The van der Waals surface area contributed by atoms with Gasteiger partial charge >= 0.3 is 0 Å². The van der Waals surface area contributed by atoms with E-state index in [4.69, 9.17) is 0 Å². The molecule has 1 aliphatic heterocycles. The third-order valence-corrected chi connectivity index (χ3v) is 4.60. The highest BCUT2D eigenvalue weighted by atomic mass is 79.9. The van der Waals surface area contributed by atoms with Crippen molar-refractivity contribution in [1.82, 2.24) is 9.80 Å². The van der Waals surface area contributed by atoms with Crippen LogP contribution in [-0.4, -0.2) is 54.2 Å². The number of nitrogens with zero attached hydrogens (tertiary/aromatic N) is 2. The van der Waals surface area contributed by atoms with Crippen LogP contribution in [0.3, 0.4) is 0 Å². The molecule has 0 bridgehead atoms. The van der Waals surface area contributed by atoms with Gasteiger partial charge in [-0.1, -0.05) is 6.07 Å². The van der Waals surface area contributed by atoms with Gasteiger partial charge in [-0.05, 0) is 66.6 Å². The maximum absolute atomic E-state index is 13.6. The van der Waals surface area contributed by atoms with Crippen LogP contribution in [0.2, 0.25) is 0 Å². The Kier molecular flexibility index (Phi) is 5.96. The second-order valence-corrected chi connectivity index (χ2v) is 6.33. The summed E-state index contributed by atoms with van der Waals surface area (Å²) in [5.74, 6) is -0.227. The molecule has 20 heavy (non-hydrogen) atoms. The first kappa shape index (κ1) is 15.9. The van der Waals surface area contributed by atoms with E-state index in [-0.39, 0.29) is 12.4 Å². The number of halogens is 2. The molecule has 0 radical (unpaired) electrons. The van der Waals surface area contributed by atoms with Gasteiger partial charge in [-0.15, -0.1) is 0 Å². The molecule has 0 aromatic heterocycles. The van der Waals surface area contributed by atoms with Crippen molar-refractivity contribution in [1.29, 1.82) is 0 Å². The normalized spacial score (nSPS) is 17.9. The largest absolute Gasteiger partial charge is 0.395 e. The molecule has 112 valence electrons. The summed E-state index contributed by atoms with van der Waals surface area (Å²) < 4.78 is 14.1. The zero-order valence-electron chi connectivity index (χ0n) is 11.9. The molecule has 0 atom stereocenters. The van der Waals surface area contributed by atoms with Crippen LogP contribution in [0.25, 0.3) is 0 Å². The number of hydrogen-bond donors (Lipinski definition) is 1. The minimum Gasteiger partial charge on any atom is -0.395 e. The Bertz CT molecular complexity index is 436. The second-order valence-electron chi connectivity index (χ2n) is 5.48. The van der Waals surface area contributed by atoms with Gasteiger partial charge in [0.25, 0.3) is 0 Å². The molecular weight excluding hydrogens is 323 g/mol. The molecule has 1 fully saturated rings. The summed E-state index contributed by atoms with van der Waals surface area (Å²) in [6.07, 6.45) is 2.21. The predicted octanol–water partition coefficient (Wildman–Crippen LogP) is 2.48. The van der Waals surface area contributed by atoms with Crippen molar-refractivity contribution in [3.05, 3.63) is 34.1 Å². The third kappa shape index (κ3) is 4.25. The lowest BCUT2D eigenvalue weighted by molar-refractivity contribution is 0.0940. The number of benzene rings is 1. The SMILES string of the molecule is CN1CCC(N(CCO)Cc2ccc(Br)c(F)c2)CC1. The summed E-state index contributed by atoms with van der Waals surface area (Å²) in [6, 6.07) is 5.73. The lowest BCUT2D eigenvalue weighted by Gasteiger charge is -2.37. The number of piperidine rings is 1. The first-order chi connectivity index (χ1) is 9.60. The highest BCUT2D eigenvalue weighted by Gasteiger charge is 2.23. The molecule has 1 saturated heterocycles. The number of likely N-dealkylation sites (tertiary alicyclic amines) is 1. The summed E-state index contributed by atoms with van der Waals surface area (Å²) in [6.45, 7) is 3.65. The van der Waals surface area contributed by atoms with Crippen molar-refractivity contribution in [2.24, 2.45) is 0 Å². The monoisotopic (exact) mass is 344 g/mol. The van der Waals surface area contributed by atoms with Crippen molar-refractivity contribution in [2.75, 3.05) is 33.3 Å². The van der Waals surface area contributed by atoms with Crippen molar-refractivity contribution in [2.45, 2.75) is 25.4 Å². The molecule has 2 rings (SSSR count). The zero-order chi connectivity index (χ0) is 14.5. The van der Waals surface area contributed by atoms with Crippen molar-refractivity contribution < 1.29 is 9.50 Å². The number of rotatable bonds is 5. The Labute approximate surface area is 128 Å². The summed E-state index contributed by atoms with van der Waals surface area (Å²) in [7, 11) is 2.14. The average molecular weight is 345 g/mol. The van der Waals surface area contributed by atoms with Gasteiger partial charge in [0.05, 0.1) is 11.1 Å². The first-order valence-electron chi connectivity index (χ1n) is 7.07. The van der Waals surface area contributed by atoms with E-state index in [1.165, 1.54) is 0 Å². The van der Waals surface area contributed by atoms with Gasteiger partial charge in [0, 0.05) is 19.1 Å². The molecule has 1 aromatic rings. The molecular formula is C15H22BrFN2O. The fourth-order valence-corrected chi connectivity index (χ4v) is 3.00. The van der Waals surface area contributed by atoms with Crippen LogP contribution in [0.4, 0.5) is 4.39 Å². The van der Waals surface area contributed by atoms with E-state index in [0.717, 1.165) is 31.5 Å². The molecule has 1 N–H and O–H groups in total. The quantitative estimate of drug-likeness (QED) is 0.888. The van der Waals surface area contributed by atoms with E-state index in [1.54, 1.807) is 12.1 Å². The Morgan fingerprint density at radius 1 is 1.40 bits per heavy atom. The van der Waals surface area contributed by atoms with E-state index in [2.05, 4.69) is 32.8 Å². The van der Waals surface area contributed by atoms with Crippen LogP contribution in [0, 0.1) is 5.82 Å². The van der Waals surface area contributed by atoms with E-state index in [0.29, 0.717) is 23.6 Å². The summed E-state index contributed by atoms with van der Waals surface area (Å²) >= 11 is 3.18. The Hall–Kier alpha value is -0.490. The number of aliphatic hydroxyl groups excluding tert-OH is 1. The lowest BCUT2D eigenvalue weighted by atomic mass is 10.0.